The van der Waals surface area contributed by atoms with Gasteiger partial charge in [-0.2, -0.15) is 0 Å². The number of aryl methyl sites for hydroxylation is 2. The quantitative estimate of drug-likeness (QED) is 0.491. The number of para-hydroxylation sites is 2. The van der Waals surface area contributed by atoms with E-state index in [2.05, 4.69) is 79.1 Å². The van der Waals surface area contributed by atoms with E-state index in [1.807, 2.05) is 0 Å². The second-order valence-corrected chi connectivity index (χ2v) is 8.35. The molecule has 136 valence electrons. The summed E-state index contributed by atoms with van der Waals surface area (Å²) >= 11 is 0. The summed E-state index contributed by atoms with van der Waals surface area (Å²) in [4.78, 5) is 10.1. The molecule has 2 heterocycles. The number of anilines is 2. The van der Waals surface area contributed by atoms with Crippen molar-refractivity contribution in [1.29, 1.82) is 0 Å². The van der Waals surface area contributed by atoms with Crippen LogP contribution in [-0.4, -0.2) is 24.6 Å². The molecule has 0 saturated heterocycles. The first-order valence-corrected chi connectivity index (χ1v) is 9.84. The molecular weight excluding hydrogens is 318 g/mol. The highest BCUT2D eigenvalue weighted by Crippen LogP contribution is 2.33. The van der Waals surface area contributed by atoms with Crippen molar-refractivity contribution in [3.05, 3.63) is 59.7 Å². The van der Waals surface area contributed by atoms with E-state index in [0.717, 1.165) is 31.9 Å². The fraction of sp³-hybridized carbons (Fsp3) is 0.435. The molecule has 0 aromatic heterocycles. The van der Waals surface area contributed by atoms with Crippen molar-refractivity contribution >= 4 is 17.3 Å². The summed E-state index contributed by atoms with van der Waals surface area (Å²) in [5, 5.41) is 0. The van der Waals surface area contributed by atoms with E-state index in [-0.39, 0.29) is 5.54 Å². The molecule has 0 N–H and O–H groups in total. The number of guanidine groups is 1. The van der Waals surface area contributed by atoms with Crippen LogP contribution in [0.15, 0.2) is 53.5 Å². The first-order chi connectivity index (χ1) is 12.5. The molecule has 0 spiro atoms. The van der Waals surface area contributed by atoms with Crippen LogP contribution < -0.4 is 9.80 Å². The largest absolute Gasteiger partial charge is 0.312 e. The summed E-state index contributed by atoms with van der Waals surface area (Å²) in [6.07, 6.45) is 4.67. The molecule has 2 aliphatic rings. The summed E-state index contributed by atoms with van der Waals surface area (Å²) in [5.74, 6) is 1.11. The van der Waals surface area contributed by atoms with Gasteiger partial charge in [0.1, 0.15) is 0 Å². The zero-order chi connectivity index (χ0) is 18.1. The van der Waals surface area contributed by atoms with Gasteiger partial charge >= 0.3 is 0 Å². The van der Waals surface area contributed by atoms with Gasteiger partial charge in [-0.15, -0.1) is 0 Å². The monoisotopic (exact) mass is 347 g/mol. The smallest absolute Gasteiger partial charge is 0.206 e. The van der Waals surface area contributed by atoms with Crippen molar-refractivity contribution in [1.82, 2.24) is 0 Å². The minimum Gasteiger partial charge on any atom is -0.312 e. The third kappa shape index (κ3) is 3.35. The van der Waals surface area contributed by atoms with Crippen molar-refractivity contribution < 1.29 is 0 Å². The second kappa shape index (κ2) is 6.79. The number of nitrogens with zero attached hydrogens (tertiary/aromatic N) is 3. The van der Waals surface area contributed by atoms with E-state index >= 15 is 0 Å². The van der Waals surface area contributed by atoms with Crippen molar-refractivity contribution in [2.24, 2.45) is 4.99 Å². The van der Waals surface area contributed by atoms with E-state index in [1.165, 1.54) is 35.3 Å². The van der Waals surface area contributed by atoms with Gasteiger partial charge in [0.15, 0.2) is 0 Å². The third-order valence-corrected chi connectivity index (χ3v) is 5.14. The summed E-state index contributed by atoms with van der Waals surface area (Å²) in [6, 6.07) is 17.6. The third-order valence-electron chi connectivity index (χ3n) is 5.14. The lowest BCUT2D eigenvalue weighted by molar-refractivity contribution is 0.576. The van der Waals surface area contributed by atoms with Crippen LogP contribution in [0.3, 0.4) is 0 Å². The Balaban J connectivity index is 1.83. The molecule has 0 fully saturated rings. The first-order valence-electron chi connectivity index (χ1n) is 9.84. The van der Waals surface area contributed by atoms with Gasteiger partial charge in [0.2, 0.25) is 5.96 Å². The molecule has 4 rings (SSSR count). The van der Waals surface area contributed by atoms with Crippen molar-refractivity contribution in [3.8, 4) is 0 Å². The lowest BCUT2D eigenvalue weighted by atomic mass is 10.00. The second-order valence-electron chi connectivity index (χ2n) is 8.35. The van der Waals surface area contributed by atoms with Gasteiger partial charge in [0, 0.05) is 24.5 Å². The minimum absolute atomic E-state index is 0.117. The fourth-order valence-electron chi connectivity index (χ4n) is 4.05. The molecule has 0 bridgehead atoms. The number of aliphatic imine (C=N–C) groups is 1. The Kier molecular flexibility index (Phi) is 4.47. The number of hydrogen-bond donors (Lipinski definition) is 0. The highest BCUT2D eigenvalue weighted by atomic mass is 15.4. The van der Waals surface area contributed by atoms with Crippen LogP contribution >= 0.6 is 0 Å². The summed E-state index contributed by atoms with van der Waals surface area (Å²) in [6.45, 7) is 8.64. The van der Waals surface area contributed by atoms with Gasteiger partial charge in [0.25, 0.3) is 0 Å². The average Bonchev–Trinajstić information content (AvgIpc) is 2.65. The summed E-state index contributed by atoms with van der Waals surface area (Å²) < 4.78 is 0. The van der Waals surface area contributed by atoms with Crippen molar-refractivity contribution in [2.75, 3.05) is 22.9 Å². The number of benzene rings is 2. The SMILES string of the molecule is CC(C)(C)N=C(N1CCCc2ccccc21)N1CCCc2ccccc21. The van der Waals surface area contributed by atoms with E-state index in [9.17, 15) is 0 Å². The van der Waals surface area contributed by atoms with Crippen molar-refractivity contribution in [2.45, 2.75) is 52.0 Å². The zero-order valence-electron chi connectivity index (χ0n) is 16.2. The Morgan fingerprint density at radius 1 is 0.769 bits per heavy atom. The van der Waals surface area contributed by atoms with E-state index in [0.29, 0.717) is 0 Å². The topological polar surface area (TPSA) is 18.8 Å². The van der Waals surface area contributed by atoms with Crippen LogP contribution in [0.5, 0.6) is 0 Å². The highest BCUT2D eigenvalue weighted by Gasteiger charge is 2.29. The van der Waals surface area contributed by atoms with Gasteiger partial charge in [0.05, 0.1) is 5.54 Å². The lowest BCUT2D eigenvalue weighted by Gasteiger charge is -2.41. The molecule has 0 radical (unpaired) electrons. The van der Waals surface area contributed by atoms with Gasteiger partial charge in [-0.3, -0.25) is 0 Å². The van der Waals surface area contributed by atoms with Gasteiger partial charge in [-0.1, -0.05) is 36.4 Å². The molecule has 2 aromatic carbocycles. The Labute approximate surface area is 157 Å². The number of fused-ring (bicyclic) bond motifs is 2. The predicted molar refractivity (Wildman–Crippen MR) is 111 cm³/mol. The molecule has 2 aliphatic heterocycles. The zero-order valence-corrected chi connectivity index (χ0v) is 16.2. The maximum Gasteiger partial charge on any atom is 0.206 e. The molecular formula is C23H29N3. The fourth-order valence-corrected chi connectivity index (χ4v) is 4.05. The average molecular weight is 348 g/mol. The van der Waals surface area contributed by atoms with Crippen LogP contribution in [0.4, 0.5) is 11.4 Å². The maximum absolute atomic E-state index is 5.22. The number of rotatable bonds is 0. The summed E-state index contributed by atoms with van der Waals surface area (Å²) in [5.41, 5.74) is 5.40. The predicted octanol–water partition coefficient (Wildman–Crippen LogP) is 5.05. The van der Waals surface area contributed by atoms with Gasteiger partial charge in [-0.05, 0) is 69.7 Å². The Hall–Kier alpha value is -2.29. The van der Waals surface area contributed by atoms with E-state index in [1.54, 1.807) is 0 Å². The molecule has 26 heavy (non-hydrogen) atoms. The van der Waals surface area contributed by atoms with Crippen molar-refractivity contribution in [3.63, 3.8) is 0 Å². The number of hydrogen-bond acceptors (Lipinski definition) is 1. The molecule has 0 atom stereocenters. The van der Waals surface area contributed by atoms with Gasteiger partial charge < -0.3 is 9.80 Å². The van der Waals surface area contributed by atoms with Crippen LogP contribution in [0.2, 0.25) is 0 Å². The summed E-state index contributed by atoms with van der Waals surface area (Å²) in [7, 11) is 0. The molecule has 3 nitrogen and oxygen atoms in total. The van der Waals surface area contributed by atoms with E-state index in [4.69, 9.17) is 4.99 Å². The Morgan fingerprint density at radius 3 is 1.69 bits per heavy atom. The van der Waals surface area contributed by atoms with Crippen LogP contribution in [-0.2, 0) is 12.8 Å². The maximum atomic E-state index is 5.22. The molecule has 2 aromatic rings. The highest BCUT2D eigenvalue weighted by molar-refractivity contribution is 6.08. The first kappa shape index (κ1) is 17.1. The van der Waals surface area contributed by atoms with Crippen LogP contribution in [0, 0.1) is 0 Å². The van der Waals surface area contributed by atoms with E-state index < -0.39 is 0 Å². The Bertz CT molecular complexity index is 757. The normalized spacial score (nSPS) is 16.7. The van der Waals surface area contributed by atoms with Crippen LogP contribution in [0.25, 0.3) is 0 Å². The standard InChI is InChI=1S/C23H29N3/c1-23(2,3)24-22(25-16-8-12-18-10-4-6-14-20(18)25)26-17-9-13-19-11-5-7-15-21(19)26/h4-7,10-11,14-15H,8-9,12-13,16-17H2,1-3H3. The Morgan fingerprint density at radius 2 is 1.23 bits per heavy atom. The molecule has 0 amide bonds. The lowest BCUT2D eigenvalue weighted by Crippen LogP contribution is -2.49. The minimum atomic E-state index is -0.117. The molecule has 0 saturated carbocycles. The molecule has 0 unspecified atom stereocenters. The molecule has 0 aliphatic carbocycles. The van der Waals surface area contributed by atoms with Crippen LogP contribution in [0.1, 0.15) is 44.7 Å². The molecule has 3 heteroatoms. The van der Waals surface area contributed by atoms with Gasteiger partial charge in [-0.25, -0.2) is 4.99 Å².